The zero-order valence-corrected chi connectivity index (χ0v) is 8.31. The second kappa shape index (κ2) is 5.57. The van der Waals surface area contributed by atoms with Crippen molar-refractivity contribution in [2.45, 2.75) is 0 Å². The molecule has 0 spiro atoms. The van der Waals surface area contributed by atoms with Gasteiger partial charge in [-0.1, -0.05) is 28.0 Å². The molecule has 0 aliphatic carbocycles. The normalized spacial score (nSPS) is 11.3. The van der Waals surface area contributed by atoms with Crippen LogP contribution in [0.4, 0.5) is 5.69 Å². The fourth-order valence-electron chi connectivity index (χ4n) is 0.766. The summed E-state index contributed by atoms with van der Waals surface area (Å²) in [6.07, 6.45) is 1.49. The smallest absolute Gasteiger partial charge is 0.252 e. The van der Waals surface area contributed by atoms with Crippen LogP contribution in [0.1, 0.15) is 0 Å². The van der Waals surface area contributed by atoms with E-state index in [1.807, 2.05) is 0 Å². The number of nitrogens with two attached hydrogens (primary N) is 1. The Bertz CT molecular complexity index is 433. The molecule has 76 valence electrons. The van der Waals surface area contributed by atoms with E-state index >= 15 is 0 Å². The Morgan fingerprint density at radius 3 is 3.00 bits per heavy atom. The highest BCUT2D eigenvalue weighted by Gasteiger charge is 1.91. The Balaban J connectivity index is 2.58. The van der Waals surface area contributed by atoms with Crippen LogP contribution in [-0.4, -0.2) is 5.96 Å². The number of guanidine groups is 1. The first kappa shape index (κ1) is 10.9. The van der Waals surface area contributed by atoms with Crippen molar-refractivity contribution in [3.05, 3.63) is 29.3 Å². The molecule has 1 rings (SSSR count). The SMILES string of the molecule is N#CN=C(N)/N=N/Nc1cccc(Cl)c1. The molecule has 0 aromatic heterocycles. The summed E-state index contributed by atoms with van der Waals surface area (Å²) in [4.78, 5) is 3.15. The van der Waals surface area contributed by atoms with Crippen molar-refractivity contribution in [1.29, 1.82) is 5.26 Å². The number of hydrogen-bond acceptors (Lipinski definition) is 3. The summed E-state index contributed by atoms with van der Waals surface area (Å²) < 4.78 is 0. The highest BCUT2D eigenvalue weighted by molar-refractivity contribution is 6.30. The first-order valence-electron chi connectivity index (χ1n) is 3.87. The molecule has 7 heteroatoms. The lowest BCUT2D eigenvalue weighted by molar-refractivity contribution is 1.14. The van der Waals surface area contributed by atoms with Crippen LogP contribution in [0.25, 0.3) is 0 Å². The molecule has 0 heterocycles. The van der Waals surface area contributed by atoms with Gasteiger partial charge in [-0.15, -0.1) is 4.99 Å². The van der Waals surface area contributed by atoms with Gasteiger partial charge < -0.3 is 5.73 Å². The van der Waals surface area contributed by atoms with E-state index in [9.17, 15) is 0 Å². The maximum absolute atomic E-state index is 8.13. The molecule has 15 heavy (non-hydrogen) atoms. The van der Waals surface area contributed by atoms with Gasteiger partial charge in [0.05, 0.1) is 5.69 Å². The molecule has 1 aromatic carbocycles. The molecular formula is C8H7ClN6. The van der Waals surface area contributed by atoms with Crippen LogP contribution in [0, 0.1) is 11.5 Å². The van der Waals surface area contributed by atoms with E-state index < -0.39 is 0 Å². The summed E-state index contributed by atoms with van der Waals surface area (Å²) in [7, 11) is 0. The molecule has 0 saturated heterocycles. The van der Waals surface area contributed by atoms with Gasteiger partial charge in [0.25, 0.3) is 5.96 Å². The lowest BCUT2D eigenvalue weighted by atomic mass is 10.3. The van der Waals surface area contributed by atoms with Gasteiger partial charge >= 0.3 is 0 Å². The molecule has 0 fully saturated rings. The van der Waals surface area contributed by atoms with Gasteiger partial charge in [-0.25, -0.2) is 0 Å². The number of rotatable bonds is 2. The third kappa shape index (κ3) is 4.06. The minimum atomic E-state index is -0.216. The van der Waals surface area contributed by atoms with Gasteiger partial charge in [0.1, 0.15) is 0 Å². The van der Waals surface area contributed by atoms with E-state index in [-0.39, 0.29) is 5.96 Å². The minimum absolute atomic E-state index is 0.216. The molecule has 3 N–H and O–H groups in total. The molecule has 0 aliphatic heterocycles. The summed E-state index contributed by atoms with van der Waals surface area (Å²) in [6, 6.07) is 6.91. The molecule has 1 aromatic rings. The van der Waals surface area contributed by atoms with Crippen LogP contribution in [0.2, 0.25) is 5.02 Å². The van der Waals surface area contributed by atoms with Crippen molar-refractivity contribution >= 4 is 23.2 Å². The van der Waals surface area contributed by atoms with Crippen molar-refractivity contribution in [3.63, 3.8) is 0 Å². The van der Waals surface area contributed by atoms with Crippen LogP contribution in [0.15, 0.2) is 39.6 Å². The topological polar surface area (TPSA) is 98.9 Å². The van der Waals surface area contributed by atoms with Crippen molar-refractivity contribution in [1.82, 2.24) is 0 Å². The molecule has 0 aliphatic rings. The predicted octanol–water partition coefficient (Wildman–Crippen LogP) is 1.91. The van der Waals surface area contributed by atoms with Gasteiger partial charge in [0.2, 0.25) is 6.19 Å². The summed E-state index contributed by atoms with van der Waals surface area (Å²) in [5, 5.41) is 15.6. The first-order valence-corrected chi connectivity index (χ1v) is 4.25. The zero-order chi connectivity index (χ0) is 11.1. The van der Waals surface area contributed by atoms with Crippen molar-refractivity contribution in [2.75, 3.05) is 5.43 Å². The Hall–Kier alpha value is -2.13. The van der Waals surface area contributed by atoms with Crippen LogP contribution < -0.4 is 11.2 Å². The molecule has 0 amide bonds. The molecule has 0 bridgehead atoms. The number of nitrogens with one attached hydrogen (secondary N) is 1. The monoisotopic (exact) mass is 222 g/mol. The van der Waals surface area contributed by atoms with Crippen LogP contribution in [0.3, 0.4) is 0 Å². The first-order chi connectivity index (χ1) is 7.22. The number of benzene rings is 1. The highest BCUT2D eigenvalue weighted by Crippen LogP contribution is 2.14. The third-order valence-electron chi connectivity index (χ3n) is 1.32. The van der Waals surface area contributed by atoms with Gasteiger partial charge in [-0.3, -0.25) is 5.43 Å². The lowest BCUT2D eigenvalue weighted by Crippen LogP contribution is -2.06. The third-order valence-corrected chi connectivity index (χ3v) is 1.56. The van der Waals surface area contributed by atoms with Crippen LogP contribution in [0.5, 0.6) is 0 Å². The fraction of sp³-hybridized carbons (Fsp3) is 0. The molecule has 0 radical (unpaired) electrons. The summed E-state index contributed by atoms with van der Waals surface area (Å²) in [6.45, 7) is 0. The van der Waals surface area contributed by atoms with Crippen LogP contribution >= 0.6 is 11.6 Å². The number of halogens is 1. The van der Waals surface area contributed by atoms with Gasteiger partial charge in [-0.2, -0.15) is 5.26 Å². The molecule has 0 unspecified atom stereocenters. The molecule has 0 saturated carbocycles. The second-order valence-corrected chi connectivity index (χ2v) is 2.83. The average molecular weight is 223 g/mol. The summed E-state index contributed by atoms with van der Waals surface area (Å²) in [5.41, 5.74) is 8.42. The maximum atomic E-state index is 8.13. The summed E-state index contributed by atoms with van der Waals surface area (Å²) >= 11 is 5.73. The number of anilines is 1. The van der Waals surface area contributed by atoms with Crippen molar-refractivity contribution < 1.29 is 0 Å². The second-order valence-electron chi connectivity index (χ2n) is 2.39. The average Bonchev–Trinajstić information content (AvgIpc) is 2.18. The number of hydrogen-bond donors (Lipinski definition) is 2. The van der Waals surface area contributed by atoms with E-state index in [0.717, 1.165) is 0 Å². The number of nitrogens with zero attached hydrogens (tertiary/aromatic N) is 4. The molecular weight excluding hydrogens is 216 g/mol. The number of aliphatic imine (C=N–C) groups is 1. The maximum Gasteiger partial charge on any atom is 0.252 e. The Morgan fingerprint density at radius 1 is 1.53 bits per heavy atom. The quantitative estimate of drug-likeness (QED) is 0.263. The molecule has 6 nitrogen and oxygen atoms in total. The summed E-state index contributed by atoms with van der Waals surface area (Å²) in [5.74, 6) is -0.216. The van der Waals surface area contributed by atoms with E-state index in [4.69, 9.17) is 22.6 Å². The van der Waals surface area contributed by atoms with Gasteiger partial charge in [-0.05, 0) is 18.2 Å². The largest absolute Gasteiger partial charge is 0.366 e. The lowest BCUT2D eigenvalue weighted by Gasteiger charge is -1.97. The zero-order valence-electron chi connectivity index (χ0n) is 7.55. The van der Waals surface area contributed by atoms with E-state index in [1.165, 1.54) is 6.19 Å². The van der Waals surface area contributed by atoms with E-state index in [1.54, 1.807) is 24.3 Å². The standard InChI is InChI=1S/C8H7ClN6/c9-6-2-1-3-7(4-6)13-15-14-8(11)12-5-10/h1-4H,(H3,11,12,13,14). The predicted molar refractivity (Wildman–Crippen MR) is 57.2 cm³/mol. The van der Waals surface area contributed by atoms with Crippen molar-refractivity contribution in [2.24, 2.45) is 21.1 Å². The van der Waals surface area contributed by atoms with Gasteiger partial charge in [0, 0.05) is 5.02 Å². The van der Waals surface area contributed by atoms with E-state index in [0.29, 0.717) is 10.7 Å². The minimum Gasteiger partial charge on any atom is -0.366 e. The van der Waals surface area contributed by atoms with Crippen molar-refractivity contribution in [3.8, 4) is 6.19 Å². The number of nitriles is 1. The Labute approximate surface area is 91.1 Å². The Morgan fingerprint density at radius 2 is 2.33 bits per heavy atom. The Kier molecular flexibility index (Phi) is 4.06. The van der Waals surface area contributed by atoms with E-state index in [2.05, 4.69) is 20.8 Å². The highest BCUT2D eigenvalue weighted by atomic mass is 35.5. The molecule has 0 atom stereocenters. The fourth-order valence-corrected chi connectivity index (χ4v) is 0.956. The van der Waals surface area contributed by atoms with Gasteiger partial charge in [0.15, 0.2) is 0 Å². The van der Waals surface area contributed by atoms with Crippen LogP contribution in [-0.2, 0) is 0 Å².